The van der Waals surface area contributed by atoms with Gasteiger partial charge in [0.2, 0.25) is 5.89 Å². The molecule has 0 aromatic carbocycles. The van der Waals surface area contributed by atoms with Crippen LogP contribution in [0.5, 0.6) is 0 Å². The summed E-state index contributed by atoms with van der Waals surface area (Å²) in [5, 5.41) is 0. The molecule has 2 heterocycles. The Morgan fingerprint density at radius 3 is 3.00 bits per heavy atom. The third kappa shape index (κ3) is 2.84. The van der Waals surface area contributed by atoms with Crippen LogP contribution < -0.4 is 0 Å². The highest BCUT2D eigenvalue weighted by Gasteiger charge is 2.45. The Labute approximate surface area is 125 Å². The number of hydrogen-bond donors (Lipinski definition) is 0. The molecule has 2 fully saturated rings. The highest BCUT2D eigenvalue weighted by atomic mass is 16.5. The van der Waals surface area contributed by atoms with E-state index in [1.165, 1.54) is 32.8 Å². The molecule has 1 saturated heterocycles. The van der Waals surface area contributed by atoms with Gasteiger partial charge in [-0.2, -0.15) is 0 Å². The lowest BCUT2D eigenvalue weighted by Gasteiger charge is -2.32. The van der Waals surface area contributed by atoms with E-state index in [1.54, 1.807) is 6.20 Å². The molecule has 1 aliphatic heterocycles. The van der Waals surface area contributed by atoms with Crippen LogP contribution in [0.2, 0.25) is 0 Å². The number of fused-ring (bicyclic) bond motifs is 1. The van der Waals surface area contributed by atoms with Gasteiger partial charge in [-0.15, -0.1) is 0 Å². The van der Waals surface area contributed by atoms with Crippen LogP contribution in [-0.4, -0.2) is 35.0 Å². The van der Waals surface area contributed by atoms with Crippen LogP contribution in [0.1, 0.15) is 50.7 Å². The Morgan fingerprint density at radius 1 is 1.48 bits per heavy atom. The molecule has 1 saturated carbocycles. The number of nitrogens with zero attached hydrogens (tertiary/aromatic N) is 2. The molecule has 0 N–H and O–H groups in total. The van der Waals surface area contributed by atoms with Gasteiger partial charge >= 0.3 is 5.97 Å². The predicted octanol–water partition coefficient (Wildman–Crippen LogP) is 2.54. The molecule has 1 aromatic heterocycles. The zero-order valence-corrected chi connectivity index (χ0v) is 12.9. The first-order valence-corrected chi connectivity index (χ1v) is 8.00. The second-order valence-electron chi connectivity index (χ2n) is 6.13. The Morgan fingerprint density at radius 2 is 2.29 bits per heavy atom. The lowest BCUT2D eigenvalue weighted by molar-refractivity contribution is -0.146. The van der Waals surface area contributed by atoms with E-state index in [0.29, 0.717) is 24.4 Å². The molecule has 5 nitrogen and oxygen atoms in total. The number of aromatic nitrogens is 1. The highest BCUT2D eigenvalue weighted by Crippen LogP contribution is 2.40. The molecule has 1 aliphatic carbocycles. The SMILES string of the molecule is CCc1cnc(CN2[C@H](C(=O)OC)C[C@H]3CCCC[C@@H]32)o1. The topological polar surface area (TPSA) is 55.6 Å². The number of aryl methyl sites for hydroxylation is 1. The van der Waals surface area contributed by atoms with E-state index < -0.39 is 0 Å². The van der Waals surface area contributed by atoms with Gasteiger partial charge in [0.05, 0.1) is 19.9 Å². The van der Waals surface area contributed by atoms with Crippen molar-refractivity contribution in [3.8, 4) is 0 Å². The Kier molecular flexibility index (Phi) is 4.29. The molecule has 2 aliphatic rings. The minimum atomic E-state index is -0.139. The fraction of sp³-hybridized carbons (Fsp3) is 0.750. The van der Waals surface area contributed by atoms with Crippen molar-refractivity contribution in [1.29, 1.82) is 0 Å². The van der Waals surface area contributed by atoms with Gasteiger partial charge < -0.3 is 9.15 Å². The lowest BCUT2D eigenvalue weighted by atomic mass is 9.85. The van der Waals surface area contributed by atoms with Crippen molar-refractivity contribution in [2.45, 2.75) is 64.1 Å². The van der Waals surface area contributed by atoms with E-state index in [4.69, 9.17) is 9.15 Å². The van der Waals surface area contributed by atoms with Crippen molar-refractivity contribution < 1.29 is 13.9 Å². The van der Waals surface area contributed by atoms with Crippen molar-refractivity contribution in [3.05, 3.63) is 17.8 Å². The fourth-order valence-electron chi connectivity index (χ4n) is 3.89. The molecule has 3 atom stereocenters. The normalized spacial score (nSPS) is 29.3. The first kappa shape index (κ1) is 14.6. The number of methoxy groups -OCH3 is 1. The van der Waals surface area contributed by atoms with Gasteiger partial charge in [-0.1, -0.05) is 19.8 Å². The summed E-state index contributed by atoms with van der Waals surface area (Å²) in [7, 11) is 1.48. The smallest absolute Gasteiger partial charge is 0.323 e. The summed E-state index contributed by atoms with van der Waals surface area (Å²) < 4.78 is 10.7. The minimum Gasteiger partial charge on any atom is -0.468 e. The number of esters is 1. The molecule has 0 spiro atoms. The van der Waals surface area contributed by atoms with E-state index in [9.17, 15) is 4.79 Å². The predicted molar refractivity (Wildman–Crippen MR) is 77.6 cm³/mol. The molecule has 0 radical (unpaired) electrons. The van der Waals surface area contributed by atoms with Gasteiger partial charge in [0.25, 0.3) is 0 Å². The highest BCUT2D eigenvalue weighted by molar-refractivity contribution is 5.76. The van der Waals surface area contributed by atoms with Crippen LogP contribution >= 0.6 is 0 Å². The summed E-state index contributed by atoms with van der Waals surface area (Å²) in [6.07, 6.45) is 8.47. The first-order chi connectivity index (χ1) is 10.2. The van der Waals surface area contributed by atoms with Gasteiger partial charge in [0.15, 0.2) is 0 Å². The van der Waals surface area contributed by atoms with Crippen LogP contribution in [0.4, 0.5) is 0 Å². The van der Waals surface area contributed by atoms with Crippen molar-refractivity contribution in [1.82, 2.24) is 9.88 Å². The molecule has 1 aromatic rings. The number of rotatable bonds is 4. The van der Waals surface area contributed by atoms with Gasteiger partial charge in [-0.05, 0) is 25.2 Å². The van der Waals surface area contributed by atoms with Crippen LogP contribution in [-0.2, 0) is 22.5 Å². The second-order valence-corrected chi connectivity index (χ2v) is 6.13. The number of likely N-dealkylation sites (tertiary alicyclic amines) is 1. The molecular formula is C16H24N2O3. The van der Waals surface area contributed by atoms with Gasteiger partial charge in [-0.3, -0.25) is 9.69 Å². The third-order valence-corrected chi connectivity index (χ3v) is 4.96. The number of carbonyl (C=O) groups excluding carboxylic acids is 1. The Hall–Kier alpha value is -1.36. The average molecular weight is 292 g/mol. The van der Waals surface area contributed by atoms with E-state index in [-0.39, 0.29) is 12.0 Å². The molecule has 5 heteroatoms. The second kappa shape index (κ2) is 6.18. The van der Waals surface area contributed by atoms with Gasteiger partial charge in [-0.25, -0.2) is 4.98 Å². The number of hydrogen-bond acceptors (Lipinski definition) is 5. The molecule has 3 rings (SSSR count). The van der Waals surface area contributed by atoms with Gasteiger partial charge in [0.1, 0.15) is 11.8 Å². The average Bonchev–Trinajstić information content (AvgIpc) is 3.12. The standard InChI is InChI=1S/C16H24N2O3/c1-3-12-9-17-15(21-12)10-18-13-7-5-4-6-11(13)8-14(18)16(19)20-2/h9,11,13-14H,3-8,10H2,1-2H3/t11-,13+,14+/m1/s1. The third-order valence-electron chi connectivity index (χ3n) is 4.96. The molecule has 21 heavy (non-hydrogen) atoms. The molecule has 0 unspecified atom stereocenters. The van der Waals surface area contributed by atoms with Crippen molar-refractivity contribution in [3.63, 3.8) is 0 Å². The van der Waals surface area contributed by atoms with Crippen LogP contribution in [0.15, 0.2) is 10.6 Å². The van der Waals surface area contributed by atoms with Gasteiger partial charge in [0, 0.05) is 12.5 Å². The number of oxazole rings is 1. The molecular weight excluding hydrogens is 268 g/mol. The summed E-state index contributed by atoms with van der Waals surface area (Å²) in [4.78, 5) is 18.7. The number of ether oxygens (including phenoxy) is 1. The van der Waals surface area contributed by atoms with Crippen molar-refractivity contribution in [2.24, 2.45) is 5.92 Å². The quantitative estimate of drug-likeness (QED) is 0.798. The maximum absolute atomic E-state index is 12.1. The monoisotopic (exact) mass is 292 g/mol. The van der Waals surface area contributed by atoms with E-state index >= 15 is 0 Å². The van der Waals surface area contributed by atoms with Crippen molar-refractivity contribution in [2.75, 3.05) is 7.11 Å². The van der Waals surface area contributed by atoms with Crippen LogP contribution in [0.25, 0.3) is 0 Å². The molecule has 116 valence electrons. The summed E-state index contributed by atoms with van der Waals surface area (Å²) in [6, 6.07) is 0.333. The Bertz CT molecular complexity index is 499. The maximum Gasteiger partial charge on any atom is 0.323 e. The largest absolute Gasteiger partial charge is 0.468 e. The Balaban J connectivity index is 1.78. The van der Waals surface area contributed by atoms with Crippen molar-refractivity contribution >= 4 is 5.97 Å². The summed E-state index contributed by atoms with van der Waals surface area (Å²) in [5.41, 5.74) is 0. The summed E-state index contributed by atoms with van der Waals surface area (Å²) in [5.74, 6) is 2.11. The zero-order valence-electron chi connectivity index (χ0n) is 12.9. The van der Waals surface area contributed by atoms with Crippen LogP contribution in [0, 0.1) is 5.92 Å². The summed E-state index contributed by atoms with van der Waals surface area (Å²) in [6.45, 7) is 2.66. The van der Waals surface area contributed by atoms with E-state index in [0.717, 1.165) is 18.6 Å². The first-order valence-electron chi connectivity index (χ1n) is 8.00. The lowest BCUT2D eigenvalue weighted by Crippen LogP contribution is -2.42. The van der Waals surface area contributed by atoms with E-state index in [1.807, 2.05) is 0 Å². The fourth-order valence-corrected chi connectivity index (χ4v) is 3.89. The molecule has 0 bridgehead atoms. The molecule has 0 amide bonds. The summed E-state index contributed by atoms with van der Waals surface area (Å²) >= 11 is 0. The zero-order chi connectivity index (χ0) is 14.8. The minimum absolute atomic E-state index is 0.119. The van der Waals surface area contributed by atoms with Crippen LogP contribution in [0.3, 0.4) is 0 Å². The maximum atomic E-state index is 12.1. The van der Waals surface area contributed by atoms with E-state index in [2.05, 4.69) is 16.8 Å². The number of carbonyl (C=O) groups is 1.